The number of fused-ring (bicyclic) bond motifs is 1. The molecule has 1 fully saturated rings. The summed E-state index contributed by atoms with van der Waals surface area (Å²) in [6.07, 6.45) is 7.64. The lowest BCUT2D eigenvalue weighted by Gasteiger charge is -2.27. The molecule has 3 heterocycles. The van der Waals surface area contributed by atoms with Gasteiger partial charge in [0, 0.05) is 40.4 Å². The SMILES string of the molecule is C[C@H](c1c(OC(F)F)ccc(F)c1Cl)c1c[nH]c2ncc(-c3cnn([C@H]4CC[C@H](O)CC4)c3CO)cc12. The molecule has 1 aliphatic carbocycles. The van der Waals surface area contributed by atoms with Gasteiger partial charge in [0.1, 0.15) is 17.2 Å². The smallest absolute Gasteiger partial charge is 0.387 e. The van der Waals surface area contributed by atoms with Crippen LogP contribution < -0.4 is 4.74 Å². The molecule has 1 aromatic carbocycles. The number of rotatable bonds is 7. The van der Waals surface area contributed by atoms with Gasteiger partial charge in [-0.15, -0.1) is 0 Å². The van der Waals surface area contributed by atoms with Gasteiger partial charge in [0.25, 0.3) is 0 Å². The topological polar surface area (TPSA) is 96.2 Å². The number of hydrogen-bond donors (Lipinski definition) is 3. The Morgan fingerprint density at radius 2 is 1.97 bits per heavy atom. The molecule has 1 aliphatic rings. The molecule has 11 heteroatoms. The number of aliphatic hydroxyl groups is 2. The van der Waals surface area contributed by atoms with Gasteiger partial charge in [-0.2, -0.15) is 13.9 Å². The second kappa shape index (κ2) is 10.4. The van der Waals surface area contributed by atoms with Crippen molar-refractivity contribution in [2.45, 2.75) is 63.9 Å². The molecule has 3 N–H and O–H groups in total. The Balaban J connectivity index is 1.55. The maximum Gasteiger partial charge on any atom is 0.387 e. The number of alkyl halides is 2. The third-order valence-corrected chi connectivity index (χ3v) is 7.53. The Hall–Kier alpha value is -3.08. The standard InChI is InChI=1S/C26H26ClF3N4O3/c1-13(23-22(37-26(29)30)7-6-20(28)24(23)27)18-10-32-25-17(18)8-14(9-31-25)19-11-33-34(21(19)12-35)15-2-4-16(36)5-3-15/h6-11,13,15-16,26,35-36H,2-5,12H2,1H3,(H,31,32)/t13-,15-,16-/m0/s1. The summed E-state index contributed by atoms with van der Waals surface area (Å²) in [5, 5.41) is 25.0. The zero-order chi connectivity index (χ0) is 26.3. The Labute approximate surface area is 215 Å². The van der Waals surface area contributed by atoms with Gasteiger partial charge < -0.3 is 19.9 Å². The Morgan fingerprint density at radius 1 is 1.22 bits per heavy atom. The van der Waals surface area contributed by atoms with Crippen molar-refractivity contribution in [3.8, 4) is 16.9 Å². The summed E-state index contributed by atoms with van der Waals surface area (Å²) in [5.41, 5.74) is 3.39. The number of ether oxygens (including phenoxy) is 1. The van der Waals surface area contributed by atoms with Crippen LogP contribution in [-0.2, 0) is 6.61 Å². The highest BCUT2D eigenvalue weighted by Crippen LogP contribution is 2.42. The van der Waals surface area contributed by atoms with Gasteiger partial charge in [0.15, 0.2) is 0 Å². The summed E-state index contributed by atoms with van der Waals surface area (Å²) in [4.78, 5) is 7.58. The summed E-state index contributed by atoms with van der Waals surface area (Å²) < 4.78 is 46.9. The van der Waals surface area contributed by atoms with E-state index in [2.05, 4.69) is 19.8 Å². The molecule has 0 saturated heterocycles. The van der Waals surface area contributed by atoms with Crippen LogP contribution in [0.15, 0.2) is 36.8 Å². The Kier molecular flexibility index (Phi) is 7.15. The second-order valence-electron chi connectivity index (χ2n) is 9.31. The van der Waals surface area contributed by atoms with E-state index in [0.717, 1.165) is 25.0 Å². The number of halogens is 4. The molecule has 3 aromatic heterocycles. The molecule has 1 atom stereocenters. The first kappa shape index (κ1) is 25.6. The molecule has 1 saturated carbocycles. The fraction of sp³-hybridized carbons (Fsp3) is 0.385. The lowest BCUT2D eigenvalue weighted by atomic mass is 9.91. The number of aromatic amines is 1. The van der Waals surface area contributed by atoms with E-state index in [0.29, 0.717) is 46.3 Å². The van der Waals surface area contributed by atoms with Crippen molar-refractivity contribution in [2.24, 2.45) is 0 Å². The molecule has 7 nitrogen and oxygen atoms in total. The van der Waals surface area contributed by atoms with Crippen LogP contribution in [0.5, 0.6) is 5.75 Å². The molecule has 0 amide bonds. The number of aliphatic hydroxyl groups excluding tert-OH is 2. The summed E-state index contributed by atoms with van der Waals surface area (Å²) in [5.74, 6) is -1.55. The van der Waals surface area contributed by atoms with E-state index in [1.807, 2.05) is 10.7 Å². The van der Waals surface area contributed by atoms with Crippen LogP contribution in [0.4, 0.5) is 13.2 Å². The zero-order valence-corrected chi connectivity index (χ0v) is 20.7. The van der Waals surface area contributed by atoms with E-state index in [4.69, 9.17) is 11.6 Å². The molecule has 0 spiro atoms. The molecular formula is C26H26ClF3N4O3. The Bertz CT molecular complexity index is 1420. The van der Waals surface area contributed by atoms with E-state index in [1.165, 1.54) is 0 Å². The first-order valence-electron chi connectivity index (χ1n) is 12.0. The number of benzene rings is 1. The monoisotopic (exact) mass is 534 g/mol. The largest absolute Gasteiger partial charge is 0.434 e. The third-order valence-electron chi connectivity index (χ3n) is 7.14. The van der Waals surface area contributed by atoms with Gasteiger partial charge in [-0.1, -0.05) is 18.5 Å². The van der Waals surface area contributed by atoms with E-state index >= 15 is 0 Å². The predicted octanol–water partition coefficient (Wildman–Crippen LogP) is 5.94. The van der Waals surface area contributed by atoms with Gasteiger partial charge in [0.2, 0.25) is 0 Å². The number of nitrogens with zero attached hydrogens (tertiary/aromatic N) is 3. The summed E-state index contributed by atoms with van der Waals surface area (Å²) >= 11 is 6.22. The van der Waals surface area contributed by atoms with Crippen molar-refractivity contribution in [3.05, 3.63) is 64.5 Å². The highest BCUT2D eigenvalue weighted by atomic mass is 35.5. The van der Waals surface area contributed by atoms with Crippen LogP contribution in [0.1, 0.15) is 61.4 Å². The molecule has 0 radical (unpaired) electrons. The van der Waals surface area contributed by atoms with Crippen molar-refractivity contribution < 1.29 is 28.1 Å². The van der Waals surface area contributed by atoms with Gasteiger partial charge in [-0.25, -0.2) is 9.37 Å². The van der Waals surface area contributed by atoms with Gasteiger partial charge in [-0.3, -0.25) is 4.68 Å². The maximum atomic E-state index is 14.3. The molecule has 0 bridgehead atoms. The normalized spacial score (nSPS) is 19.0. The van der Waals surface area contributed by atoms with Crippen LogP contribution in [0.3, 0.4) is 0 Å². The lowest BCUT2D eigenvalue weighted by molar-refractivity contribution is -0.0505. The van der Waals surface area contributed by atoms with E-state index in [9.17, 15) is 23.4 Å². The van der Waals surface area contributed by atoms with Crippen molar-refractivity contribution >= 4 is 22.6 Å². The average Bonchev–Trinajstić information content (AvgIpc) is 3.50. The zero-order valence-electron chi connectivity index (χ0n) is 20.0. The van der Waals surface area contributed by atoms with Crippen LogP contribution >= 0.6 is 11.6 Å². The number of hydrogen-bond acceptors (Lipinski definition) is 5. The quantitative estimate of drug-likeness (QED) is 0.273. The van der Waals surface area contributed by atoms with Gasteiger partial charge >= 0.3 is 6.61 Å². The number of aromatic nitrogens is 4. The van der Waals surface area contributed by atoms with E-state index < -0.39 is 18.3 Å². The fourth-order valence-corrected chi connectivity index (χ4v) is 5.56. The summed E-state index contributed by atoms with van der Waals surface area (Å²) in [6.45, 7) is -1.59. The molecule has 5 rings (SSSR count). The minimum Gasteiger partial charge on any atom is -0.434 e. The van der Waals surface area contributed by atoms with Gasteiger partial charge in [0.05, 0.1) is 35.7 Å². The molecule has 37 heavy (non-hydrogen) atoms. The average molecular weight is 535 g/mol. The lowest BCUT2D eigenvalue weighted by Crippen LogP contribution is -2.23. The van der Waals surface area contributed by atoms with Crippen LogP contribution in [0.25, 0.3) is 22.2 Å². The van der Waals surface area contributed by atoms with Crippen molar-refractivity contribution in [2.75, 3.05) is 0 Å². The number of pyridine rings is 1. The van der Waals surface area contributed by atoms with E-state index in [1.54, 1.807) is 25.5 Å². The molecular weight excluding hydrogens is 509 g/mol. The highest BCUT2D eigenvalue weighted by Gasteiger charge is 2.27. The van der Waals surface area contributed by atoms with Crippen molar-refractivity contribution in [1.29, 1.82) is 0 Å². The van der Waals surface area contributed by atoms with Crippen molar-refractivity contribution in [3.63, 3.8) is 0 Å². The fourth-order valence-electron chi connectivity index (χ4n) is 5.24. The highest BCUT2D eigenvalue weighted by molar-refractivity contribution is 6.31. The minimum atomic E-state index is -3.09. The first-order chi connectivity index (χ1) is 17.8. The summed E-state index contributed by atoms with van der Waals surface area (Å²) in [7, 11) is 0. The predicted molar refractivity (Wildman–Crippen MR) is 132 cm³/mol. The van der Waals surface area contributed by atoms with Gasteiger partial charge in [-0.05, 0) is 49.4 Å². The Morgan fingerprint density at radius 3 is 2.68 bits per heavy atom. The molecule has 4 aromatic rings. The molecule has 0 unspecified atom stereocenters. The molecule has 196 valence electrons. The first-order valence-corrected chi connectivity index (χ1v) is 12.4. The molecule has 0 aliphatic heterocycles. The maximum absolute atomic E-state index is 14.3. The summed E-state index contributed by atoms with van der Waals surface area (Å²) in [6, 6.07) is 4.09. The third kappa shape index (κ3) is 4.81. The minimum absolute atomic E-state index is 0.0854. The number of H-pyrrole nitrogens is 1. The second-order valence-corrected chi connectivity index (χ2v) is 9.69. The van der Waals surface area contributed by atoms with Crippen LogP contribution in [-0.4, -0.2) is 42.7 Å². The number of nitrogens with one attached hydrogen (secondary N) is 1. The van der Waals surface area contributed by atoms with Crippen molar-refractivity contribution in [1.82, 2.24) is 19.7 Å². The van der Waals surface area contributed by atoms with Crippen LogP contribution in [0.2, 0.25) is 5.02 Å². The van der Waals surface area contributed by atoms with Crippen LogP contribution in [0, 0.1) is 5.82 Å². The van der Waals surface area contributed by atoms with E-state index in [-0.39, 0.29) is 35.1 Å².